The SMILES string of the molecule is CCC(CC(CC(CC1CCC(C)C1)c1ccccc1)c1ccccc1)c1ccccc1. The zero-order valence-corrected chi connectivity index (χ0v) is 20.0. The molecule has 1 aliphatic rings. The van der Waals surface area contributed by atoms with Crippen LogP contribution in [0.2, 0.25) is 0 Å². The third kappa shape index (κ3) is 6.12. The van der Waals surface area contributed by atoms with Gasteiger partial charge in [-0.05, 0) is 78.4 Å². The van der Waals surface area contributed by atoms with E-state index in [1.54, 1.807) is 5.56 Å². The van der Waals surface area contributed by atoms with Crippen LogP contribution in [0.15, 0.2) is 91.0 Å². The van der Waals surface area contributed by atoms with Crippen LogP contribution in [0.5, 0.6) is 0 Å². The summed E-state index contributed by atoms with van der Waals surface area (Å²) in [5.41, 5.74) is 4.56. The monoisotopic (exact) mass is 424 g/mol. The fourth-order valence-electron chi connectivity index (χ4n) is 6.08. The molecule has 0 amide bonds. The highest BCUT2D eigenvalue weighted by atomic mass is 14.3. The maximum Gasteiger partial charge on any atom is -0.0150 e. The van der Waals surface area contributed by atoms with Crippen molar-refractivity contribution in [3.05, 3.63) is 108 Å². The molecule has 0 aliphatic heterocycles. The third-order valence-corrected chi connectivity index (χ3v) is 7.87. The standard InChI is InChI=1S/C32H40/c1-3-27(28-13-7-4-8-14-28)23-32(30-17-11-6-12-18-30)24-31(29-15-9-5-10-16-29)22-26-20-19-25(2)21-26/h4-18,25-27,31-32H,3,19-24H2,1-2H3. The number of rotatable bonds is 10. The van der Waals surface area contributed by atoms with Crippen LogP contribution in [-0.2, 0) is 0 Å². The highest BCUT2D eigenvalue weighted by Crippen LogP contribution is 2.43. The molecule has 168 valence electrons. The van der Waals surface area contributed by atoms with E-state index < -0.39 is 0 Å². The van der Waals surface area contributed by atoms with Crippen LogP contribution >= 0.6 is 0 Å². The Hall–Kier alpha value is -2.34. The Kier molecular flexibility index (Phi) is 8.21. The highest BCUT2D eigenvalue weighted by molar-refractivity contribution is 5.26. The van der Waals surface area contributed by atoms with Gasteiger partial charge in [-0.3, -0.25) is 0 Å². The molecule has 0 saturated heterocycles. The maximum absolute atomic E-state index is 2.44. The van der Waals surface area contributed by atoms with E-state index in [0.717, 1.165) is 11.8 Å². The van der Waals surface area contributed by atoms with Gasteiger partial charge in [-0.1, -0.05) is 118 Å². The second-order valence-electron chi connectivity index (χ2n) is 10.2. The van der Waals surface area contributed by atoms with Gasteiger partial charge < -0.3 is 0 Å². The molecular formula is C32H40. The van der Waals surface area contributed by atoms with Crippen LogP contribution in [0, 0.1) is 11.8 Å². The summed E-state index contributed by atoms with van der Waals surface area (Å²) in [6, 6.07) is 33.9. The summed E-state index contributed by atoms with van der Waals surface area (Å²) in [5.74, 6) is 3.64. The normalized spacial score (nSPS) is 21.2. The van der Waals surface area contributed by atoms with Crippen molar-refractivity contribution in [3.63, 3.8) is 0 Å². The molecule has 0 radical (unpaired) electrons. The van der Waals surface area contributed by atoms with Crippen molar-refractivity contribution in [2.45, 2.75) is 76.5 Å². The molecule has 5 unspecified atom stereocenters. The molecule has 1 fully saturated rings. The lowest BCUT2D eigenvalue weighted by molar-refractivity contribution is 0.380. The molecule has 32 heavy (non-hydrogen) atoms. The van der Waals surface area contributed by atoms with Gasteiger partial charge >= 0.3 is 0 Å². The van der Waals surface area contributed by atoms with Crippen LogP contribution in [0.25, 0.3) is 0 Å². The molecule has 0 N–H and O–H groups in total. The lowest BCUT2D eigenvalue weighted by Gasteiger charge is -2.29. The van der Waals surface area contributed by atoms with Crippen molar-refractivity contribution in [2.24, 2.45) is 11.8 Å². The second kappa shape index (κ2) is 11.5. The average molecular weight is 425 g/mol. The molecule has 0 nitrogen and oxygen atoms in total. The van der Waals surface area contributed by atoms with E-state index in [-0.39, 0.29) is 0 Å². The molecule has 1 aliphatic carbocycles. The van der Waals surface area contributed by atoms with E-state index >= 15 is 0 Å². The maximum atomic E-state index is 2.44. The highest BCUT2D eigenvalue weighted by Gasteiger charge is 2.28. The Morgan fingerprint density at radius 3 is 1.56 bits per heavy atom. The van der Waals surface area contributed by atoms with E-state index in [2.05, 4.69) is 105 Å². The summed E-state index contributed by atoms with van der Waals surface area (Å²) in [6.45, 7) is 4.80. The van der Waals surface area contributed by atoms with Crippen molar-refractivity contribution in [1.29, 1.82) is 0 Å². The number of benzene rings is 3. The third-order valence-electron chi connectivity index (χ3n) is 7.87. The van der Waals surface area contributed by atoms with Crippen molar-refractivity contribution >= 4 is 0 Å². The molecule has 0 heteroatoms. The Morgan fingerprint density at radius 2 is 1.09 bits per heavy atom. The van der Waals surface area contributed by atoms with Gasteiger partial charge in [-0.2, -0.15) is 0 Å². The lowest BCUT2D eigenvalue weighted by Crippen LogP contribution is -2.13. The van der Waals surface area contributed by atoms with Gasteiger partial charge in [0.2, 0.25) is 0 Å². The van der Waals surface area contributed by atoms with Gasteiger partial charge in [0, 0.05) is 0 Å². The summed E-state index contributed by atoms with van der Waals surface area (Å²) in [6.07, 6.45) is 9.28. The zero-order chi connectivity index (χ0) is 22.2. The van der Waals surface area contributed by atoms with Gasteiger partial charge in [-0.15, -0.1) is 0 Å². The summed E-state index contributed by atoms with van der Waals surface area (Å²) in [5, 5.41) is 0. The molecule has 1 saturated carbocycles. The Morgan fingerprint density at radius 1 is 0.625 bits per heavy atom. The Balaban J connectivity index is 1.59. The molecule has 3 aromatic carbocycles. The number of hydrogen-bond acceptors (Lipinski definition) is 0. The van der Waals surface area contributed by atoms with Crippen molar-refractivity contribution in [2.75, 3.05) is 0 Å². The van der Waals surface area contributed by atoms with Gasteiger partial charge in [0.05, 0.1) is 0 Å². The predicted octanol–water partition coefficient (Wildman–Crippen LogP) is 9.35. The molecule has 0 aromatic heterocycles. The zero-order valence-electron chi connectivity index (χ0n) is 20.0. The predicted molar refractivity (Wildman–Crippen MR) is 138 cm³/mol. The smallest absolute Gasteiger partial charge is 0.0150 e. The van der Waals surface area contributed by atoms with E-state index in [1.807, 2.05) is 0 Å². The van der Waals surface area contributed by atoms with Crippen LogP contribution < -0.4 is 0 Å². The fraction of sp³-hybridized carbons (Fsp3) is 0.438. The first kappa shape index (κ1) is 22.8. The summed E-state index contributed by atoms with van der Waals surface area (Å²) < 4.78 is 0. The van der Waals surface area contributed by atoms with Gasteiger partial charge in [0.25, 0.3) is 0 Å². The first-order valence-corrected chi connectivity index (χ1v) is 12.9. The fourth-order valence-corrected chi connectivity index (χ4v) is 6.08. The van der Waals surface area contributed by atoms with E-state index in [1.165, 1.54) is 56.1 Å². The van der Waals surface area contributed by atoms with Crippen molar-refractivity contribution < 1.29 is 0 Å². The van der Waals surface area contributed by atoms with Crippen LogP contribution in [-0.4, -0.2) is 0 Å². The van der Waals surface area contributed by atoms with E-state index in [0.29, 0.717) is 17.8 Å². The quantitative estimate of drug-likeness (QED) is 0.304. The second-order valence-corrected chi connectivity index (χ2v) is 10.2. The lowest BCUT2D eigenvalue weighted by atomic mass is 9.75. The first-order chi connectivity index (χ1) is 15.7. The minimum Gasteiger partial charge on any atom is -0.0648 e. The molecule has 0 bridgehead atoms. The van der Waals surface area contributed by atoms with Gasteiger partial charge in [-0.25, -0.2) is 0 Å². The van der Waals surface area contributed by atoms with Crippen LogP contribution in [0.1, 0.15) is 93.2 Å². The topological polar surface area (TPSA) is 0 Å². The van der Waals surface area contributed by atoms with Crippen LogP contribution in [0.4, 0.5) is 0 Å². The summed E-state index contributed by atoms with van der Waals surface area (Å²) in [7, 11) is 0. The van der Waals surface area contributed by atoms with Gasteiger partial charge in [0.1, 0.15) is 0 Å². The molecular weight excluding hydrogens is 384 g/mol. The van der Waals surface area contributed by atoms with E-state index in [9.17, 15) is 0 Å². The van der Waals surface area contributed by atoms with Crippen molar-refractivity contribution in [1.82, 2.24) is 0 Å². The minimum atomic E-state index is 0.588. The summed E-state index contributed by atoms with van der Waals surface area (Å²) >= 11 is 0. The molecule has 4 rings (SSSR count). The minimum absolute atomic E-state index is 0.588. The Bertz CT molecular complexity index is 899. The molecule has 3 aromatic rings. The molecule has 5 atom stereocenters. The Labute approximate surface area is 196 Å². The average Bonchev–Trinajstić information content (AvgIpc) is 3.27. The largest absolute Gasteiger partial charge is 0.0648 e. The molecule has 0 spiro atoms. The summed E-state index contributed by atoms with van der Waals surface area (Å²) in [4.78, 5) is 0. The number of hydrogen-bond donors (Lipinski definition) is 0. The van der Waals surface area contributed by atoms with Crippen molar-refractivity contribution in [3.8, 4) is 0 Å². The van der Waals surface area contributed by atoms with Crippen LogP contribution in [0.3, 0.4) is 0 Å². The molecule has 0 heterocycles. The first-order valence-electron chi connectivity index (χ1n) is 12.9. The van der Waals surface area contributed by atoms with E-state index in [4.69, 9.17) is 0 Å². The van der Waals surface area contributed by atoms with Gasteiger partial charge in [0.15, 0.2) is 0 Å².